The summed E-state index contributed by atoms with van der Waals surface area (Å²) in [5, 5.41) is 0.0671. The minimum absolute atomic E-state index is 0.0116. The Morgan fingerprint density at radius 2 is 1.27 bits per heavy atom. The Bertz CT molecular complexity index is 1790. The first kappa shape index (κ1) is 26.1. The second kappa shape index (κ2) is 10.7. The molecule has 0 spiro atoms. The van der Waals surface area contributed by atoms with E-state index in [2.05, 4.69) is 0 Å². The number of hydrogen-bond donors (Lipinski definition) is 2. The number of benzene rings is 4. The van der Waals surface area contributed by atoms with Gasteiger partial charge in [0.15, 0.2) is 16.8 Å². The molecule has 5 aromatic rings. The predicted octanol–water partition coefficient (Wildman–Crippen LogP) is 5.38. The molecule has 0 radical (unpaired) electrons. The van der Waals surface area contributed by atoms with Crippen LogP contribution in [0, 0.1) is 6.92 Å². The fourth-order valence-corrected chi connectivity index (χ4v) is 4.05. The molecule has 0 aliphatic carbocycles. The van der Waals surface area contributed by atoms with Crippen LogP contribution in [0.3, 0.4) is 0 Å². The first-order valence-corrected chi connectivity index (χ1v) is 12.1. The van der Waals surface area contributed by atoms with Crippen molar-refractivity contribution in [3.8, 4) is 28.6 Å². The molecule has 0 fully saturated rings. The molecule has 40 heavy (non-hydrogen) atoms. The van der Waals surface area contributed by atoms with Gasteiger partial charge in [-0.3, -0.25) is 4.79 Å². The van der Waals surface area contributed by atoms with Crippen LogP contribution in [0.25, 0.3) is 22.3 Å². The SMILES string of the molecule is COc1ccc(-c2oc3c(OC(=O)c4ccc(N)cc4)cc(OC(=O)c4ccc(N)cc4)cc3c(=O)c2C)cc1. The molecule has 9 heteroatoms. The minimum Gasteiger partial charge on any atom is -0.497 e. The highest BCUT2D eigenvalue weighted by atomic mass is 16.5. The number of fused-ring (bicyclic) bond motifs is 1. The summed E-state index contributed by atoms with van der Waals surface area (Å²) in [6, 6.07) is 22.0. The van der Waals surface area contributed by atoms with Crippen molar-refractivity contribution in [2.75, 3.05) is 18.6 Å². The smallest absolute Gasteiger partial charge is 0.343 e. The fourth-order valence-electron chi connectivity index (χ4n) is 4.05. The molecular formula is C31H24N2O7. The van der Waals surface area contributed by atoms with Crippen LogP contribution in [0.5, 0.6) is 17.2 Å². The standard InChI is InChI=1S/C31H24N2O7/c1-17-27(34)25-15-24(38-30(35)19-3-9-21(32)10-4-19)16-26(39-31(36)20-5-11-22(33)12-6-20)29(25)40-28(17)18-7-13-23(37-2)14-8-18/h3-16H,32-33H2,1-2H3. The molecule has 4 N–H and O–H groups in total. The number of esters is 2. The van der Waals surface area contributed by atoms with Gasteiger partial charge in [-0.2, -0.15) is 0 Å². The Hall–Kier alpha value is -5.57. The van der Waals surface area contributed by atoms with Gasteiger partial charge in [0, 0.05) is 28.6 Å². The maximum absolute atomic E-state index is 13.5. The quantitative estimate of drug-likeness (QED) is 0.166. The molecule has 200 valence electrons. The van der Waals surface area contributed by atoms with E-state index in [-0.39, 0.29) is 44.8 Å². The lowest BCUT2D eigenvalue weighted by Crippen LogP contribution is -2.13. The molecule has 0 aliphatic heterocycles. The van der Waals surface area contributed by atoms with Crippen LogP contribution >= 0.6 is 0 Å². The Kier molecular flexibility index (Phi) is 6.94. The molecule has 0 saturated heterocycles. The van der Waals surface area contributed by atoms with E-state index in [1.54, 1.807) is 62.6 Å². The molecule has 0 aliphatic rings. The zero-order valence-corrected chi connectivity index (χ0v) is 21.6. The van der Waals surface area contributed by atoms with Crippen molar-refractivity contribution in [1.82, 2.24) is 0 Å². The van der Waals surface area contributed by atoms with Crippen LogP contribution in [-0.2, 0) is 0 Å². The lowest BCUT2D eigenvalue weighted by atomic mass is 10.1. The highest BCUT2D eigenvalue weighted by molar-refractivity contribution is 5.96. The number of carbonyl (C=O) groups excluding carboxylic acids is 2. The number of anilines is 2. The molecule has 1 aromatic heterocycles. The first-order chi connectivity index (χ1) is 19.2. The van der Waals surface area contributed by atoms with Gasteiger partial charge in [-0.15, -0.1) is 0 Å². The van der Waals surface area contributed by atoms with E-state index in [4.69, 9.17) is 30.1 Å². The Labute approximate surface area is 228 Å². The number of nitrogen functional groups attached to an aromatic ring is 2. The molecule has 0 atom stereocenters. The van der Waals surface area contributed by atoms with E-state index in [1.165, 1.54) is 36.4 Å². The van der Waals surface area contributed by atoms with Gasteiger partial charge >= 0.3 is 11.9 Å². The van der Waals surface area contributed by atoms with Crippen molar-refractivity contribution in [1.29, 1.82) is 0 Å². The van der Waals surface area contributed by atoms with Gasteiger partial charge in [-0.05, 0) is 85.8 Å². The van der Waals surface area contributed by atoms with Crippen LogP contribution in [0.1, 0.15) is 26.3 Å². The molecule has 4 aromatic carbocycles. The molecular weight excluding hydrogens is 512 g/mol. The average molecular weight is 537 g/mol. The number of hydrogen-bond acceptors (Lipinski definition) is 9. The topological polar surface area (TPSA) is 144 Å². The average Bonchev–Trinajstić information content (AvgIpc) is 2.96. The third-order valence-electron chi connectivity index (χ3n) is 6.22. The van der Waals surface area contributed by atoms with Crippen LogP contribution in [0.15, 0.2) is 94.1 Å². The summed E-state index contributed by atoms with van der Waals surface area (Å²) in [6.45, 7) is 1.62. The van der Waals surface area contributed by atoms with E-state index in [0.29, 0.717) is 28.3 Å². The molecule has 0 saturated carbocycles. The summed E-state index contributed by atoms with van der Waals surface area (Å²) in [4.78, 5) is 39.4. The molecule has 1 heterocycles. The lowest BCUT2D eigenvalue weighted by Gasteiger charge is -2.13. The highest BCUT2D eigenvalue weighted by Gasteiger charge is 2.21. The maximum atomic E-state index is 13.5. The van der Waals surface area contributed by atoms with E-state index in [9.17, 15) is 14.4 Å². The third kappa shape index (κ3) is 5.21. The summed E-state index contributed by atoms with van der Waals surface area (Å²) in [5.41, 5.74) is 13.4. The van der Waals surface area contributed by atoms with Crippen molar-refractivity contribution >= 4 is 34.3 Å². The molecule has 0 bridgehead atoms. The molecule has 0 amide bonds. The lowest BCUT2D eigenvalue weighted by molar-refractivity contribution is 0.0733. The number of ether oxygens (including phenoxy) is 3. The van der Waals surface area contributed by atoms with Gasteiger partial charge in [0.2, 0.25) is 0 Å². The summed E-state index contributed by atoms with van der Waals surface area (Å²) in [7, 11) is 1.55. The fraction of sp³-hybridized carbons (Fsp3) is 0.0645. The van der Waals surface area contributed by atoms with Crippen molar-refractivity contribution in [2.45, 2.75) is 6.92 Å². The van der Waals surface area contributed by atoms with Crippen molar-refractivity contribution in [2.24, 2.45) is 0 Å². The van der Waals surface area contributed by atoms with E-state index < -0.39 is 11.9 Å². The number of carbonyl (C=O) groups is 2. The van der Waals surface area contributed by atoms with Gasteiger partial charge in [0.1, 0.15) is 17.3 Å². The van der Waals surface area contributed by atoms with Gasteiger partial charge in [-0.1, -0.05) is 0 Å². The van der Waals surface area contributed by atoms with Crippen LogP contribution in [-0.4, -0.2) is 19.0 Å². The third-order valence-corrected chi connectivity index (χ3v) is 6.22. The Balaban J connectivity index is 1.63. The largest absolute Gasteiger partial charge is 0.497 e. The monoisotopic (exact) mass is 536 g/mol. The number of rotatable bonds is 6. The zero-order valence-electron chi connectivity index (χ0n) is 21.6. The van der Waals surface area contributed by atoms with Crippen LogP contribution < -0.4 is 31.1 Å². The van der Waals surface area contributed by atoms with E-state index >= 15 is 0 Å². The number of methoxy groups -OCH3 is 1. The van der Waals surface area contributed by atoms with Crippen molar-refractivity contribution < 1.29 is 28.2 Å². The summed E-state index contributed by atoms with van der Waals surface area (Å²) in [5.74, 6) is -0.611. The van der Waals surface area contributed by atoms with E-state index in [0.717, 1.165) is 0 Å². The molecule has 0 unspecified atom stereocenters. The highest BCUT2D eigenvalue weighted by Crippen LogP contribution is 2.35. The van der Waals surface area contributed by atoms with Gasteiger partial charge in [0.05, 0.1) is 23.6 Å². The Morgan fingerprint density at radius 1 is 0.725 bits per heavy atom. The van der Waals surface area contributed by atoms with Crippen LogP contribution in [0.2, 0.25) is 0 Å². The minimum atomic E-state index is -0.725. The van der Waals surface area contributed by atoms with Gasteiger partial charge in [-0.25, -0.2) is 9.59 Å². The maximum Gasteiger partial charge on any atom is 0.343 e. The predicted molar refractivity (Wildman–Crippen MR) is 151 cm³/mol. The Morgan fingerprint density at radius 3 is 1.82 bits per heavy atom. The normalized spacial score (nSPS) is 10.8. The van der Waals surface area contributed by atoms with Crippen LogP contribution in [0.4, 0.5) is 11.4 Å². The van der Waals surface area contributed by atoms with Gasteiger partial charge in [0.25, 0.3) is 0 Å². The summed E-state index contributed by atoms with van der Waals surface area (Å²) in [6.07, 6.45) is 0. The second-order valence-corrected chi connectivity index (χ2v) is 8.93. The first-order valence-electron chi connectivity index (χ1n) is 12.1. The zero-order chi connectivity index (χ0) is 28.4. The summed E-state index contributed by atoms with van der Waals surface area (Å²) >= 11 is 0. The second-order valence-electron chi connectivity index (χ2n) is 8.93. The van der Waals surface area contributed by atoms with Crippen molar-refractivity contribution in [3.05, 3.63) is 112 Å². The molecule has 9 nitrogen and oxygen atoms in total. The van der Waals surface area contributed by atoms with Crippen molar-refractivity contribution in [3.63, 3.8) is 0 Å². The molecule has 5 rings (SSSR count). The van der Waals surface area contributed by atoms with Gasteiger partial charge < -0.3 is 30.1 Å². The van der Waals surface area contributed by atoms with E-state index in [1.807, 2.05) is 0 Å². The number of nitrogens with two attached hydrogens (primary N) is 2. The summed E-state index contributed by atoms with van der Waals surface area (Å²) < 4.78 is 22.6.